The van der Waals surface area contributed by atoms with E-state index in [0.717, 1.165) is 13.0 Å². The number of unbranched alkanes of at least 4 members (excludes halogenated alkanes) is 11. The predicted molar refractivity (Wildman–Crippen MR) is 122 cm³/mol. The highest BCUT2D eigenvalue weighted by molar-refractivity contribution is 6.18. The van der Waals surface area contributed by atoms with E-state index in [1.807, 2.05) is 27.9 Å². The highest BCUT2D eigenvalue weighted by Gasteiger charge is 2.19. The summed E-state index contributed by atoms with van der Waals surface area (Å²) in [6.07, 6.45) is 17.5. The molecule has 0 heterocycles. The topological polar surface area (TPSA) is 53.5 Å². The lowest BCUT2D eigenvalue weighted by molar-refractivity contribution is -0.123. The molecular formula is C22H46ClN3O. The molecule has 2 N–H and O–H groups in total. The summed E-state index contributed by atoms with van der Waals surface area (Å²) in [7, 11) is 3.75. The minimum atomic E-state index is -0.222. The average molecular weight is 404 g/mol. The molecule has 1 amide bonds. The second-order valence-electron chi connectivity index (χ2n) is 7.70. The quantitative estimate of drug-likeness (QED) is 0.240. The number of carbonyl (C=O) groups is 1. The fourth-order valence-electron chi connectivity index (χ4n) is 2.90. The maximum atomic E-state index is 12.0. The van der Waals surface area contributed by atoms with Crippen molar-refractivity contribution in [2.45, 2.75) is 97.8 Å². The number of halogens is 1. The van der Waals surface area contributed by atoms with Gasteiger partial charge in [0.15, 0.2) is 0 Å². The van der Waals surface area contributed by atoms with Gasteiger partial charge in [-0.25, -0.2) is 0 Å². The van der Waals surface area contributed by atoms with Gasteiger partial charge in [0, 0.05) is 24.5 Å². The fourth-order valence-corrected chi connectivity index (χ4v) is 3.02. The van der Waals surface area contributed by atoms with Crippen molar-refractivity contribution >= 4 is 23.9 Å². The summed E-state index contributed by atoms with van der Waals surface area (Å²) >= 11 is 5.36. The zero-order chi connectivity index (χ0) is 20.8. The van der Waals surface area contributed by atoms with Crippen LogP contribution in [-0.4, -0.2) is 32.8 Å². The number of amides is 1. The molecule has 0 radical (unpaired) electrons. The third-order valence-corrected chi connectivity index (χ3v) is 4.68. The minimum Gasteiger partial charge on any atom is -0.356 e. The molecule has 0 spiro atoms. The van der Waals surface area contributed by atoms with E-state index in [1.54, 1.807) is 0 Å². The molecule has 5 heteroatoms. The Morgan fingerprint density at radius 1 is 0.889 bits per heavy atom. The summed E-state index contributed by atoms with van der Waals surface area (Å²) in [5.41, 5.74) is 0. The van der Waals surface area contributed by atoms with Gasteiger partial charge in [0.05, 0.1) is 5.92 Å². The molecule has 1 atom stereocenters. The lowest BCUT2D eigenvalue weighted by Gasteiger charge is -2.15. The summed E-state index contributed by atoms with van der Waals surface area (Å²) in [6, 6.07) is 0. The van der Waals surface area contributed by atoms with Crippen molar-refractivity contribution < 1.29 is 4.79 Å². The third kappa shape index (κ3) is 21.5. The van der Waals surface area contributed by atoms with Gasteiger partial charge in [-0.15, -0.1) is 0 Å². The van der Waals surface area contributed by atoms with Crippen LogP contribution in [0.1, 0.15) is 97.8 Å². The number of nitrogens with zero attached hydrogens (tertiary/aromatic N) is 1. The first-order valence-corrected chi connectivity index (χ1v) is 11.4. The summed E-state index contributed by atoms with van der Waals surface area (Å²) in [5, 5.41) is 5.75. The number of nitrogens with one attached hydrogen (secondary N) is 2. The van der Waals surface area contributed by atoms with E-state index in [0.29, 0.717) is 0 Å². The Morgan fingerprint density at radius 3 is 1.67 bits per heavy atom. The number of carbonyl (C=O) groups excluding carboxylic acids is 1. The van der Waals surface area contributed by atoms with E-state index in [1.165, 1.54) is 76.8 Å². The lowest BCUT2D eigenvalue weighted by Crippen LogP contribution is -2.35. The zero-order valence-corrected chi connectivity index (χ0v) is 19.4. The molecule has 0 fully saturated rings. The normalized spacial score (nSPS) is 12.1. The van der Waals surface area contributed by atoms with Crippen LogP contribution in [-0.2, 0) is 4.79 Å². The van der Waals surface area contributed by atoms with Gasteiger partial charge in [0.2, 0.25) is 5.91 Å². The molecular weight excluding hydrogens is 358 g/mol. The lowest BCUT2D eigenvalue weighted by atomic mass is 9.96. The van der Waals surface area contributed by atoms with Crippen molar-refractivity contribution in [3.63, 3.8) is 0 Å². The van der Waals surface area contributed by atoms with Crippen molar-refractivity contribution in [1.82, 2.24) is 10.6 Å². The summed E-state index contributed by atoms with van der Waals surface area (Å²) in [4.78, 5) is 12.0. The highest BCUT2D eigenvalue weighted by Crippen LogP contribution is 2.12. The van der Waals surface area contributed by atoms with Gasteiger partial charge in [0.25, 0.3) is 0 Å². The minimum absolute atomic E-state index is 0.0393. The van der Waals surface area contributed by atoms with Gasteiger partial charge in [-0.1, -0.05) is 91.4 Å². The second-order valence-corrected chi connectivity index (χ2v) is 7.89. The second kappa shape index (κ2) is 23.4. The van der Waals surface area contributed by atoms with Crippen molar-refractivity contribution in [2.24, 2.45) is 16.3 Å². The monoisotopic (exact) mass is 403 g/mol. The molecule has 0 saturated carbocycles. The summed E-state index contributed by atoms with van der Waals surface area (Å²) < 4.78 is 3.48. The Labute approximate surface area is 174 Å². The van der Waals surface area contributed by atoms with Crippen molar-refractivity contribution in [3.05, 3.63) is 0 Å². The Bertz CT molecular complexity index is 336. The molecule has 0 saturated heterocycles. The zero-order valence-electron chi connectivity index (χ0n) is 18.7. The predicted octanol–water partition coefficient (Wildman–Crippen LogP) is 6.14. The largest absolute Gasteiger partial charge is 0.356 e. The Morgan fingerprint density at radius 2 is 1.30 bits per heavy atom. The molecule has 0 aliphatic heterocycles. The van der Waals surface area contributed by atoms with Crippen LogP contribution >= 0.6 is 11.8 Å². The highest BCUT2D eigenvalue weighted by atomic mass is 35.5. The first kappa shape index (κ1) is 28.6. The van der Waals surface area contributed by atoms with Gasteiger partial charge in [-0.3, -0.25) is 4.79 Å². The van der Waals surface area contributed by atoms with Gasteiger partial charge >= 0.3 is 0 Å². The van der Waals surface area contributed by atoms with Crippen molar-refractivity contribution in [3.8, 4) is 0 Å². The van der Waals surface area contributed by atoms with Crippen LogP contribution in [0.2, 0.25) is 0 Å². The molecule has 4 nitrogen and oxygen atoms in total. The average Bonchev–Trinajstić information content (AvgIpc) is 2.63. The first-order valence-electron chi connectivity index (χ1n) is 11.1. The van der Waals surface area contributed by atoms with E-state index in [-0.39, 0.29) is 17.7 Å². The van der Waals surface area contributed by atoms with Crippen LogP contribution in [0.25, 0.3) is 0 Å². The van der Waals surface area contributed by atoms with Crippen molar-refractivity contribution in [1.29, 1.82) is 0 Å². The van der Waals surface area contributed by atoms with Crippen LogP contribution in [0.15, 0.2) is 4.51 Å². The van der Waals surface area contributed by atoms with Gasteiger partial charge in [-0.2, -0.15) is 4.51 Å². The van der Waals surface area contributed by atoms with Gasteiger partial charge < -0.3 is 10.6 Å². The van der Waals surface area contributed by atoms with E-state index in [2.05, 4.69) is 22.1 Å². The van der Waals surface area contributed by atoms with Crippen molar-refractivity contribution in [2.75, 3.05) is 20.6 Å². The molecule has 162 valence electrons. The summed E-state index contributed by atoms with van der Waals surface area (Å²) in [6.45, 7) is 7.04. The van der Waals surface area contributed by atoms with Crippen LogP contribution in [0, 0.1) is 11.8 Å². The molecule has 1 unspecified atom stereocenters. The van der Waals surface area contributed by atoms with E-state index in [4.69, 9.17) is 11.8 Å². The van der Waals surface area contributed by atoms with Crippen LogP contribution in [0.3, 0.4) is 0 Å². The molecule has 0 aromatic heterocycles. The fraction of sp³-hybridized carbons (Fsp3) is 0.909. The SMILES string of the molecule is CCCCCCCCCCCCCCNC(=O)C(/C=N/Cl)C(C)C.CNC. The third-order valence-electron chi connectivity index (χ3n) is 4.57. The molecule has 0 aliphatic carbocycles. The van der Waals surface area contributed by atoms with Crippen LogP contribution in [0.4, 0.5) is 0 Å². The smallest absolute Gasteiger partial charge is 0.228 e. The Hall–Kier alpha value is -0.610. The van der Waals surface area contributed by atoms with E-state index >= 15 is 0 Å². The molecule has 0 bridgehead atoms. The molecule has 27 heavy (non-hydrogen) atoms. The van der Waals surface area contributed by atoms with Gasteiger partial charge in [0.1, 0.15) is 0 Å². The molecule has 0 rings (SSSR count). The molecule has 0 aromatic carbocycles. The van der Waals surface area contributed by atoms with Crippen LogP contribution < -0.4 is 10.6 Å². The van der Waals surface area contributed by atoms with E-state index < -0.39 is 0 Å². The number of hydrogen-bond donors (Lipinski definition) is 2. The Balaban J connectivity index is 0. The van der Waals surface area contributed by atoms with Crippen LogP contribution in [0.5, 0.6) is 0 Å². The number of rotatable bonds is 16. The molecule has 0 aliphatic rings. The Kier molecular flexibility index (Phi) is 24.8. The first-order chi connectivity index (χ1) is 13.0. The van der Waals surface area contributed by atoms with E-state index in [9.17, 15) is 4.79 Å². The standard InChI is InChI=1S/C20H39ClN2O.C2H7N/c1-4-5-6-7-8-9-10-11-12-13-14-15-16-22-20(24)19(17-23-21)18(2)3;1-3-2/h17-19H,4-16H2,1-3H3,(H,22,24);3H,1-2H3/b23-17+;. The molecule has 0 aromatic rings. The number of hydrogen-bond acceptors (Lipinski definition) is 3. The van der Waals surface area contributed by atoms with Gasteiger partial charge in [-0.05, 0) is 26.4 Å². The summed E-state index contributed by atoms with van der Waals surface area (Å²) in [5.74, 6) is 0.0340. The maximum Gasteiger partial charge on any atom is 0.228 e. The maximum absolute atomic E-state index is 12.0.